The Kier molecular flexibility index (Phi) is 5.93. The van der Waals surface area contributed by atoms with Crippen molar-refractivity contribution in [1.82, 2.24) is 10.2 Å². The minimum Gasteiger partial charge on any atom is -0.444 e. The predicted octanol–water partition coefficient (Wildman–Crippen LogP) is 2.78. The van der Waals surface area contributed by atoms with Crippen LogP contribution in [0.3, 0.4) is 0 Å². The van der Waals surface area contributed by atoms with Crippen molar-refractivity contribution >= 4 is 6.09 Å². The van der Waals surface area contributed by atoms with E-state index in [0.29, 0.717) is 6.04 Å². The Morgan fingerprint density at radius 3 is 2.72 bits per heavy atom. The van der Waals surface area contributed by atoms with Crippen LogP contribution in [0.15, 0.2) is 0 Å². The van der Waals surface area contributed by atoms with Crippen molar-refractivity contribution in [2.45, 2.75) is 65.0 Å². The van der Waals surface area contributed by atoms with Crippen molar-refractivity contribution in [3.05, 3.63) is 0 Å². The third-order valence-corrected chi connectivity index (χ3v) is 3.05. The van der Waals surface area contributed by atoms with Gasteiger partial charge in [0.25, 0.3) is 0 Å². The van der Waals surface area contributed by atoms with Crippen LogP contribution in [0.1, 0.15) is 53.4 Å². The lowest BCUT2D eigenvalue weighted by Gasteiger charge is -2.24. The molecule has 18 heavy (non-hydrogen) atoms. The van der Waals surface area contributed by atoms with E-state index in [2.05, 4.69) is 12.2 Å². The number of carbonyl (C=O) groups excluding carboxylic acids is 1. The van der Waals surface area contributed by atoms with Crippen LogP contribution in [0.2, 0.25) is 0 Å². The Morgan fingerprint density at radius 1 is 1.39 bits per heavy atom. The van der Waals surface area contributed by atoms with Gasteiger partial charge in [0.15, 0.2) is 0 Å². The van der Waals surface area contributed by atoms with Crippen LogP contribution >= 0.6 is 0 Å². The van der Waals surface area contributed by atoms with Crippen LogP contribution in [0.5, 0.6) is 0 Å². The average molecular weight is 256 g/mol. The molecule has 1 heterocycles. The summed E-state index contributed by atoms with van der Waals surface area (Å²) in [6, 6.07) is 0.439. The van der Waals surface area contributed by atoms with Crippen LogP contribution in [0.25, 0.3) is 0 Å². The van der Waals surface area contributed by atoms with Crippen LogP contribution in [-0.2, 0) is 4.74 Å². The van der Waals surface area contributed by atoms with Crippen molar-refractivity contribution in [3.63, 3.8) is 0 Å². The molecule has 1 atom stereocenters. The number of hydrogen-bond acceptors (Lipinski definition) is 3. The number of nitrogens with zero attached hydrogens (tertiary/aromatic N) is 1. The van der Waals surface area contributed by atoms with Gasteiger partial charge < -0.3 is 15.0 Å². The number of nitrogens with one attached hydrogen (secondary N) is 1. The maximum Gasteiger partial charge on any atom is 0.410 e. The molecular weight excluding hydrogens is 228 g/mol. The molecule has 0 unspecified atom stereocenters. The van der Waals surface area contributed by atoms with Gasteiger partial charge in [-0.15, -0.1) is 0 Å². The van der Waals surface area contributed by atoms with E-state index in [9.17, 15) is 4.79 Å². The third kappa shape index (κ3) is 5.71. The molecule has 0 spiro atoms. The molecule has 0 bridgehead atoms. The van der Waals surface area contributed by atoms with Gasteiger partial charge in [-0.2, -0.15) is 0 Å². The molecular formula is C14H28N2O2. The summed E-state index contributed by atoms with van der Waals surface area (Å²) in [4.78, 5) is 13.7. The van der Waals surface area contributed by atoms with Crippen LogP contribution in [0.4, 0.5) is 4.79 Å². The molecule has 0 aromatic rings. The number of likely N-dealkylation sites (tertiary alicyclic amines) is 1. The van der Waals surface area contributed by atoms with Gasteiger partial charge in [-0.25, -0.2) is 4.79 Å². The van der Waals surface area contributed by atoms with Crippen molar-refractivity contribution in [2.75, 3.05) is 19.6 Å². The van der Waals surface area contributed by atoms with Gasteiger partial charge in [0, 0.05) is 19.1 Å². The Morgan fingerprint density at radius 2 is 2.11 bits per heavy atom. The Balaban J connectivity index is 2.22. The molecule has 1 aliphatic rings. The summed E-state index contributed by atoms with van der Waals surface area (Å²) in [6.45, 7) is 10.6. The fourth-order valence-electron chi connectivity index (χ4n) is 2.10. The van der Waals surface area contributed by atoms with Crippen LogP contribution < -0.4 is 5.32 Å². The maximum atomic E-state index is 11.9. The smallest absolute Gasteiger partial charge is 0.410 e. The molecule has 0 saturated carbocycles. The number of carbonyl (C=O) groups is 1. The largest absolute Gasteiger partial charge is 0.444 e. The van der Waals surface area contributed by atoms with Crippen molar-refractivity contribution in [1.29, 1.82) is 0 Å². The summed E-state index contributed by atoms with van der Waals surface area (Å²) in [6.07, 6.45) is 4.59. The summed E-state index contributed by atoms with van der Waals surface area (Å²) in [7, 11) is 0. The summed E-state index contributed by atoms with van der Waals surface area (Å²) in [5, 5.41) is 3.51. The first kappa shape index (κ1) is 15.3. The maximum absolute atomic E-state index is 11.9. The molecule has 1 saturated heterocycles. The molecule has 0 aliphatic carbocycles. The summed E-state index contributed by atoms with van der Waals surface area (Å²) in [5.74, 6) is 0. The third-order valence-electron chi connectivity index (χ3n) is 3.05. The minimum absolute atomic E-state index is 0.180. The van der Waals surface area contributed by atoms with E-state index in [0.717, 1.165) is 26.1 Å². The average Bonchev–Trinajstić information content (AvgIpc) is 2.71. The molecule has 1 amide bonds. The van der Waals surface area contributed by atoms with Gasteiger partial charge in [-0.3, -0.25) is 0 Å². The highest BCUT2D eigenvalue weighted by Crippen LogP contribution is 2.15. The second-order valence-corrected chi connectivity index (χ2v) is 6.07. The van der Waals surface area contributed by atoms with E-state index < -0.39 is 5.60 Å². The molecule has 4 nitrogen and oxygen atoms in total. The number of ether oxygens (including phenoxy) is 1. The fourth-order valence-corrected chi connectivity index (χ4v) is 2.10. The molecule has 1 aliphatic heterocycles. The van der Waals surface area contributed by atoms with Gasteiger partial charge in [0.2, 0.25) is 0 Å². The zero-order valence-corrected chi connectivity index (χ0v) is 12.3. The van der Waals surface area contributed by atoms with E-state index in [1.54, 1.807) is 0 Å². The Hall–Kier alpha value is -0.770. The topological polar surface area (TPSA) is 41.6 Å². The zero-order valence-electron chi connectivity index (χ0n) is 12.3. The quantitative estimate of drug-likeness (QED) is 0.769. The molecule has 106 valence electrons. The molecule has 0 aromatic heterocycles. The van der Waals surface area contributed by atoms with E-state index in [1.165, 1.54) is 19.3 Å². The fraction of sp³-hybridized carbons (Fsp3) is 0.929. The second kappa shape index (κ2) is 6.98. The van der Waals surface area contributed by atoms with Gasteiger partial charge in [0.1, 0.15) is 5.60 Å². The van der Waals surface area contributed by atoms with E-state index in [-0.39, 0.29) is 6.09 Å². The van der Waals surface area contributed by atoms with Crippen molar-refractivity contribution < 1.29 is 9.53 Å². The second-order valence-electron chi connectivity index (χ2n) is 6.07. The number of unbranched alkanes of at least 4 members (excludes halogenated alkanes) is 2. The molecule has 1 rings (SSSR count). The number of rotatable bonds is 5. The highest BCUT2D eigenvalue weighted by atomic mass is 16.6. The standard InChI is InChI=1S/C14H28N2O2/c1-5-6-7-9-15-12-8-10-16(11-12)13(17)18-14(2,3)4/h12,15H,5-11H2,1-4H3/t12-/m0/s1. The van der Waals surface area contributed by atoms with E-state index in [1.807, 2.05) is 25.7 Å². The lowest BCUT2D eigenvalue weighted by molar-refractivity contribution is 0.0291. The van der Waals surface area contributed by atoms with Crippen LogP contribution in [0, 0.1) is 0 Å². The SMILES string of the molecule is CCCCCN[C@H]1CCN(C(=O)OC(C)(C)C)C1. The number of hydrogen-bond donors (Lipinski definition) is 1. The summed E-state index contributed by atoms with van der Waals surface area (Å²) < 4.78 is 5.37. The first-order valence-corrected chi connectivity index (χ1v) is 7.13. The number of amides is 1. The highest BCUT2D eigenvalue weighted by molar-refractivity contribution is 5.68. The molecule has 0 radical (unpaired) electrons. The minimum atomic E-state index is -0.399. The normalized spacial score (nSPS) is 20.2. The van der Waals surface area contributed by atoms with Crippen molar-refractivity contribution in [3.8, 4) is 0 Å². The molecule has 0 aromatic carbocycles. The van der Waals surface area contributed by atoms with E-state index in [4.69, 9.17) is 4.74 Å². The lowest BCUT2D eigenvalue weighted by atomic mass is 10.2. The van der Waals surface area contributed by atoms with Gasteiger partial charge in [-0.1, -0.05) is 19.8 Å². The predicted molar refractivity (Wildman–Crippen MR) is 73.7 cm³/mol. The highest BCUT2D eigenvalue weighted by Gasteiger charge is 2.29. The van der Waals surface area contributed by atoms with Crippen LogP contribution in [-0.4, -0.2) is 42.3 Å². The monoisotopic (exact) mass is 256 g/mol. The Labute approximate surface area is 111 Å². The van der Waals surface area contributed by atoms with Crippen molar-refractivity contribution in [2.24, 2.45) is 0 Å². The summed E-state index contributed by atoms with van der Waals surface area (Å²) in [5.41, 5.74) is -0.399. The van der Waals surface area contributed by atoms with Gasteiger partial charge in [-0.05, 0) is 40.2 Å². The molecule has 1 fully saturated rings. The zero-order chi connectivity index (χ0) is 13.6. The van der Waals surface area contributed by atoms with E-state index >= 15 is 0 Å². The summed E-state index contributed by atoms with van der Waals surface area (Å²) >= 11 is 0. The van der Waals surface area contributed by atoms with Gasteiger partial charge >= 0.3 is 6.09 Å². The lowest BCUT2D eigenvalue weighted by Crippen LogP contribution is -2.38. The Bertz CT molecular complexity index is 261. The first-order chi connectivity index (χ1) is 8.42. The van der Waals surface area contributed by atoms with Gasteiger partial charge in [0.05, 0.1) is 0 Å². The molecule has 1 N–H and O–H groups in total. The molecule has 4 heteroatoms. The first-order valence-electron chi connectivity index (χ1n) is 7.13.